The summed E-state index contributed by atoms with van der Waals surface area (Å²) in [5, 5.41) is 0. The maximum atomic E-state index is 12.7. The quantitative estimate of drug-likeness (QED) is 0.408. The fourth-order valence-electron chi connectivity index (χ4n) is 0.609. The number of hydrogen-bond donors (Lipinski definition) is 0. The fraction of sp³-hybridized carbons (Fsp3) is 0.625. The molecule has 0 bridgehead atoms. The number of carbonyl (C=O) groups excluding carboxylic acids is 1. The molecule has 0 aromatic heterocycles. The second-order valence-electron chi connectivity index (χ2n) is 2.79. The smallest absolute Gasteiger partial charge is 0.452 e. The van der Waals surface area contributed by atoms with E-state index in [9.17, 15) is 31.1 Å². The Hall–Kier alpha value is -1.29. The zero-order chi connectivity index (χ0) is 14.6. The number of ether oxygens (including phenoxy) is 3. The second-order valence-corrected chi connectivity index (χ2v) is 2.79. The normalized spacial score (nSPS) is 13.3. The third kappa shape index (κ3) is 4.53. The lowest BCUT2D eigenvalue weighted by Gasteiger charge is -2.27. The molecule has 0 N–H and O–H groups in total. The van der Waals surface area contributed by atoms with Gasteiger partial charge in [-0.05, 0) is 0 Å². The van der Waals surface area contributed by atoms with E-state index in [0.29, 0.717) is 6.08 Å². The predicted octanol–water partition coefficient (Wildman–Crippen LogP) is 2.16. The van der Waals surface area contributed by atoms with Gasteiger partial charge in [0.25, 0.3) is 0 Å². The SMILES string of the molecule is C=CC(=O)OCC(F)(F)OC(F)(F)C(F)(F)OC. The minimum atomic E-state index is -5.61. The van der Waals surface area contributed by atoms with Gasteiger partial charge in [-0.3, -0.25) is 0 Å². The predicted molar refractivity (Wildman–Crippen MR) is 44.1 cm³/mol. The number of carbonyl (C=O) groups is 1. The molecule has 4 nitrogen and oxygen atoms in total. The molecule has 0 aliphatic heterocycles. The van der Waals surface area contributed by atoms with Crippen LogP contribution in [0.15, 0.2) is 12.7 Å². The Morgan fingerprint density at radius 3 is 2.06 bits per heavy atom. The largest absolute Gasteiger partial charge is 0.453 e. The highest BCUT2D eigenvalue weighted by atomic mass is 19.3. The summed E-state index contributed by atoms with van der Waals surface area (Å²) >= 11 is 0. The third-order valence-corrected chi connectivity index (χ3v) is 1.42. The number of methoxy groups -OCH3 is 1. The molecule has 18 heavy (non-hydrogen) atoms. The van der Waals surface area contributed by atoms with Gasteiger partial charge >= 0.3 is 24.3 Å². The second kappa shape index (κ2) is 5.57. The Balaban J connectivity index is 4.65. The average molecular weight is 282 g/mol. The van der Waals surface area contributed by atoms with Gasteiger partial charge in [0.15, 0.2) is 6.61 Å². The van der Waals surface area contributed by atoms with Gasteiger partial charge in [-0.25, -0.2) is 9.53 Å². The van der Waals surface area contributed by atoms with Crippen LogP contribution in [0.1, 0.15) is 0 Å². The summed E-state index contributed by atoms with van der Waals surface area (Å²) in [6, 6.07) is 0. The van der Waals surface area contributed by atoms with E-state index in [-0.39, 0.29) is 7.11 Å². The van der Waals surface area contributed by atoms with E-state index in [2.05, 4.69) is 20.8 Å². The average Bonchev–Trinajstić information content (AvgIpc) is 2.24. The molecule has 0 aromatic rings. The van der Waals surface area contributed by atoms with Gasteiger partial charge in [0.1, 0.15) is 0 Å². The first-order chi connectivity index (χ1) is 7.97. The molecule has 0 aromatic carbocycles. The molecule has 0 spiro atoms. The van der Waals surface area contributed by atoms with Gasteiger partial charge in [-0.2, -0.15) is 26.3 Å². The summed E-state index contributed by atoms with van der Waals surface area (Å²) in [6.07, 6.45) is -15.2. The van der Waals surface area contributed by atoms with Gasteiger partial charge in [0.05, 0.1) is 0 Å². The van der Waals surface area contributed by atoms with E-state index in [1.54, 1.807) is 0 Å². The van der Waals surface area contributed by atoms with Crippen LogP contribution in [-0.4, -0.2) is 38.0 Å². The lowest BCUT2D eigenvalue weighted by molar-refractivity contribution is -0.479. The maximum absolute atomic E-state index is 12.7. The van der Waals surface area contributed by atoms with Crippen molar-refractivity contribution >= 4 is 5.97 Å². The van der Waals surface area contributed by atoms with Crippen molar-refractivity contribution in [2.45, 2.75) is 18.3 Å². The van der Waals surface area contributed by atoms with Crippen molar-refractivity contribution in [3.63, 3.8) is 0 Å². The van der Waals surface area contributed by atoms with E-state index in [4.69, 9.17) is 0 Å². The molecular formula is C8H8F6O4. The molecule has 10 heteroatoms. The standard InChI is InChI=1S/C8H8F6O4/c1-3-5(15)17-4-6(9,10)18-8(13,14)7(11,12)16-2/h3H,1,4H2,2H3. The Bertz CT molecular complexity index is 317. The Morgan fingerprint density at radius 2 is 1.67 bits per heavy atom. The summed E-state index contributed by atoms with van der Waals surface area (Å²) in [4.78, 5) is 10.4. The minimum absolute atomic E-state index is 0.174. The van der Waals surface area contributed by atoms with Gasteiger partial charge in [-0.1, -0.05) is 6.58 Å². The summed E-state index contributed by atoms with van der Waals surface area (Å²) in [7, 11) is 0.174. The van der Waals surface area contributed by atoms with E-state index in [1.807, 2.05) is 0 Å². The van der Waals surface area contributed by atoms with E-state index < -0.39 is 30.9 Å². The highest BCUT2D eigenvalue weighted by Gasteiger charge is 2.63. The summed E-state index contributed by atoms with van der Waals surface area (Å²) in [6.45, 7) is 0.861. The van der Waals surface area contributed by atoms with Crippen LogP contribution in [0.3, 0.4) is 0 Å². The van der Waals surface area contributed by atoms with Crippen molar-refractivity contribution in [1.29, 1.82) is 0 Å². The topological polar surface area (TPSA) is 44.8 Å². The first-order valence-electron chi connectivity index (χ1n) is 4.15. The number of alkyl halides is 6. The van der Waals surface area contributed by atoms with Gasteiger partial charge in [-0.15, -0.1) is 0 Å². The third-order valence-electron chi connectivity index (χ3n) is 1.42. The van der Waals surface area contributed by atoms with Crippen LogP contribution in [0.5, 0.6) is 0 Å². The molecule has 0 unspecified atom stereocenters. The molecule has 0 saturated carbocycles. The number of esters is 1. The Labute approximate surface area is 97.1 Å². The van der Waals surface area contributed by atoms with Crippen molar-refractivity contribution in [3.8, 4) is 0 Å². The molecule has 0 aliphatic rings. The lowest BCUT2D eigenvalue weighted by Crippen LogP contribution is -2.49. The molecule has 0 radical (unpaired) electrons. The van der Waals surface area contributed by atoms with Crippen molar-refractivity contribution in [3.05, 3.63) is 12.7 Å². The Morgan fingerprint density at radius 1 is 1.17 bits per heavy atom. The molecule has 0 atom stereocenters. The summed E-state index contributed by atoms with van der Waals surface area (Å²) in [5.41, 5.74) is 0. The molecule has 0 aliphatic carbocycles. The van der Waals surface area contributed by atoms with Crippen LogP contribution in [0.25, 0.3) is 0 Å². The van der Waals surface area contributed by atoms with Gasteiger partial charge in [0.2, 0.25) is 0 Å². The van der Waals surface area contributed by atoms with Crippen LogP contribution in [0, 0.1) is 0 Å². The van der Waals surface area contributed by atoms with E-state index >= 15 is 0 Å². The highest BCUT2D eigenvalue weighted by Crippen LogP contribution is 2.39. The van der Waals surface area contributed by atoms with Gasteiger partial charge in [0, 0.05) is 13.2 Å². The number of rotatable bonds is 7. The first kappa shape index (κ1) is 16.7. The first-order valence-corrected chi connectivity index (χ1v) is 4.15. The number of hydrogen-bond acceptors (Lipinski definition) is 4. The highest BCUT2D eigenvalue weighted by molar-refractivity contribution is 5.81. The monoisotopic (exact) mass is 282 g/mol. The van der Waals surface area contributed by atoms with Crippen molar-refractivity contribution < 1.29 is 45.3 Å². The Kier molecular flexibility index (Phi) is 5.17. The van der Waals surface area contributed by atoms with Gasteiger partial charge < -0.3 is 9.47 Å². The molecule has 0 amide bonds. The van der Waals surface area contributed by atoms with Crippen LogP contribution < -0.4 is 0 Å². The summed E-state index contributed by atoms with van der Waals surface area (Å²) in [5.74, 6) is -1.36. The molecule has 0 heterocycles. The van der Waals surface area contributed by atoms with E-state index in [0.717, 1.165) is 0 Å². The molecule has 0 saturated heterocycles. The van der Waals surface area contributed by atoms with Crippen LogP contribution in [-0.2, 0) is 19.0 Å². The summed E-state index contributed by atoms with van der Waals surface area (Å²) < 4.78 is 84.6. The van der Waals surface area contributed by atoms with Crippen molar-refractivity contribution in [2.75, 3.05) is 13.7 Å². The van der Waals surface area contributed by atoms with Crippen molar-refractivity contribution in [2.24, 2.45) is 0 Å². The minimum Gasteiger partial charge on any atom is -0.453 e. The lowest BCUT2D eigenvalue weighted by atomic mass is 10.5. The van der Waals surface area contributed by atoms with Crippen LogP contribution in [0.2, 0.25) is 0 Å². The molecule has 0 fully saturated rings. The molecule has 0 rings (SSSR count). The van der Waals surface area contributed by atoms with Crippen molar-refractivity contribution in [1.82, 2.24) is 0 Å². The van der Waals surface area contributed by atoms with Crippen LogP contribution in [0.4, 0.5) is 26.3 Å². The van der Waals surface area contributed by atoms with Crippen LogP contribution >= 0.6 is 0 Å². The van der Waals surface area contributed by atoms with E-state index in [1.165, 1.54) is 0 Å². The zero-order valence-corrected chi connectivity index (χ0v) is 8.89. The zero-order valence-electron chi connectivity index (χ0n) is 8.89. The maximum Gasteiger partial charge on any atom is 0.452 e. The number of halogens is 6. The molecular weight excluding hydrogens is 274 g/mol. The molecule has 106 valence electrons. The fourth-order valence-corrected chi connectivity index (χ4v) is 0.609.